The molecule has 0 aliphatic heterocycles. The maximum absolute atomic E-state index is 5.71. The van der Waals surface area contributed by atoms with E-state index in [4.69, 9.17) is 4.74 Å². The summed E-state index contributed by atoms with van der Waals surface area (Å²) in [4.78, 5) is 5.65. The first-order valence-electron chi connectivity index (χ1n) is 7.92. The highest BCUT2D eigenvalue weighted by Gasteiger charge is 2.05. The summed E-state index contributed by atoms with van der Waals surface area (Å²) in [5.74, 6) is 1.75. The fourth-order valence-electron chi connectivity index (χ4n) is 2.26. The highest BCUT2D eigenvalue weighted by atomic mass is 32.1. The van der Waals surface area contributed by atoms with E-state index in [-0.39, 0.29) is 0 Å². The number of thiophene rings is 1. The zero-order valence-electron chi connectivity index (χ0n) is 14.1. The van der Waals surface area contributed by atoms with Crippen molar-refractivity contribution < 1.29 is 4.74 Å². The lowest BCUT2D eigenvalue weighted by Crippen LogP contribution is -2.37. The topological polar surface area (TPSA) is 45.6 Å². The lowest BCUT2D eigenvalue weighted by molar-refractivity contribution is 0.336. The Hall–Kier alpha value is -2.01. The largest absolute Gasteiger partial charge is 0.494 e. The molecule has 0 aliphatic rings. The van der Waals surface area contributed by atoms with Gasteiger partial charge in [-0.3, -0.25) is 4.99 Å². The number of guanidine groups is 1. The molecule has 0 radical (unpaired) electrons. The summed E-state index contributed by atoms with van der Waals surface area (Å²) < 4.78 is 5.71. The Morgan fingerprint density at radius 2 is 2.13 bits per heavy atom. The SMILES string of the molecule is CCOc1cc(C)ccc1CNC(=NC)NCCc1cccs1. The number of benzene rings is 1. The standard InChI is InChI=1S/C18H25N3OS/c1-4-22-17-12-14(2)7-8-15(17)13-21-18(19-3)20-10-9-16-6-5-11-23-16/h5-8,11-12H,4,9-10,13H2,1-3H3,(H2,19,20,21). The number of aryl methyl sites for hydroxylation is 1. The second kappa shape index (κ2) is 9.20. The molecule has 1 heterocycles. The number of ether oxygens (including phenoxy) is 1. The van der Waals surface area contributed by atoms with Crippen LogP contribution in [0.1, 0.15) is 22.9 Å². The van der Waals surface area contributed by atoms with Crippen molar-refractivity contribution in [3.63, 3.8) is 0 Å². The van der Waals surface area contributed by atoms with Crippen LogP contribution in [0.2, 0.25) is 0 Å². The molecule has 0 bridgehead atoms. The number of hydrogen-bond acceptors (Lipinski definition) is 3. The summed E-state index contributed by atoms with van der Waals surface area (Å²) in [6, 6.07) is 10.5. The molecule has 1 aromatic carbocycles. The number of nitrogens with one attached hydrogen (secondary N) is 2. The van der Waals surface area contributed by atoms with Gasteiger partial charge in [0.1, 0.15) is 5.75 Å². The first-order chi connectivity index (χ1) is 11.2. The Morgan fingerprint density at radius 3 is 2.83 bits per heavy atom. The quantitative estimate of drug-likeness (QED) is 0.604. The monoisotopic (exact) mass is 331 g/mol. The van der Waals surface area contributed by atoms with Gasteiger partial charge < -0.3 is 15.4 Å². The van der Waals surface area contributed by atoms with Crippen molar-refractivity contribution in [3.8, 4) is 5.75 Å². The van der Waals surface area contributed by atoms with Crippen molar-refractivity contribution in [1.82, 2.24) is 10.6 Å². The van der Waals surface area contributed by atoms with Gasteiger partial charge in [0, 0.05) is 30.6 Å². The number of rotatable bonds is 7. The highest BCUT2D eigenvalue weighted by Crippen LogP contribution is 2.20. The van der Waals surface area contributed by atoms with Crippen LogP contribution in [-0.2, 0) is 13.0 Å². The molecule has 0 saturated heterocycles. The van der Waals surface area contributed by atoms with Gasteiger partial charge in [-0.25, -0.2) is 0 Å². The van der Waals surface area contributed by atoms with E-state index in [1.165, 1.54) is 10.4 Å². The van der Waals surface area contributed by atoms with Crippen molar-refractivity contribution in [1.29, 1.82) is 0 Å². The predicted octanol–water partition coefficient (Wildman–Crippen LogP) is 3.36. The van der Waals surface area contributed by atoms with Crippen molar-refractivity contribution in [3.05, 3.63) is 51.7 Å². The van der Waals surface area contributed by atoms with Gasteiger partial charge in [0.2, 0.25) is 0 Å². The third-order valence-electron chi connectivity index (χ3n) is 3.44. The number of aliphatic imine (C=N–C) groups is 1. The molecule has 23 heavy (non-hydrogen) atoms. The molecule has 0 saturated carbocycles. The second-order valence-electron chi connectivity index (χ2n) is 5.23. The van der Waals surface area contributed by atoms with E-state index in [1.54, 1.807) is 18.4 Å². The molecule has 0 spiro atoms. The van der Waals surface area contributed by atoms with Gasteiger partial charge in [0.05, 0.1) is 6.61 Å². The maximum atomic E-state index is 5.71. The molecule has 5 heteroatoms. The van der Waals surface area contributed by atoms with E-state index >= 15 is 0 Å². The van der Waals surface area contributed by atoms with Crippen LogP contribution >= 0.6 is 11.3 Å². The normalized spacial score (nSPS) is 11.3. The first-order valence-corrected chi connectivity index (χ1v) is 8.80. The summed E-state index contributed by atoms with van der Waals surface area (Å²) in [5.41, 5.74) is 2.34. The van der Waals surface area contributed by atoms with Crippen LogP contribution in [0.4, 0.5) is 0 Å². The lowest BCUT2D eigenvalue weighted by Gasteiger charge is -2.14. The van der Waals surface area contributed by atoms with E-state index < -0.39 is 0 Å². The molecular weight excluding hydrogens is 306 g/mol. The molecule has 0 fully saturated rings. The number of nitrogens with zero attached hydrogens (tertiary/aromatic N) is 1. The van der Waals surface area contributed by atoms with Crippen molar-refractivity contribution >= 4 is 17.3 Å². The van der Waals surface area contributed by atoms with Gasteiger partial charge in [0.25, 0.3) is 0 Å². The fourth-order valence-corrected chi connectivity index (χ4v) is 2.97. The zero-order chi connectivity index (χ0) is 16.5. The Bertz CT molecular complexity index is 623. The minimum atomic E-state index is 0.671. The number of hydrogen-bond donors (Lipinski definition) is 2. The van der Waals surface area contributed by atoms with E-state index in [0.29, 0.717) is 13.2 Å². The van der Waals surface area contributed by atoms with Gasteiger partial charge in [-0.1, -0.05) is 18.2 Å². The summed E-state index contributed by atoms with van der Waals surface area (Å²) in [7, 11) is 1.79. The molecular formula is C18H25N3OS. The zero-order valence-corrected chi connectivity index (χ0v) is 14.9. The van der Waals surface area contributed by atoms with Crippen molar-refractivity contribution in [2.24, 2.45) is 4.99 Å². The van der Waals surface area contributed by atoms with Gasteiger partial charge in [-0.15, -0.1) is 11.3 Å². The van der Waals surface area contributed by atoms with E-state index in [0.717, 1.165) is 30.2 Å². The minimum Gasteiger partial charge on any atom is -0.494 e. The fraction of sp³-hybridized carbons (Fsp3) is 0.389. The van der Waals surface area contributed by atoms with Gasteiger partial charge in [-0.2, -0.15) is 0 Å². The molecule has 2 aromatic rings. The van der Waals surface area contributed by atoms with Crippen LogP contribution in [0.3, 0.4) is 0 Å². The predicted molar refractivity (Wildman–Crippen MR) is 98.6 cm³/mol. The average Bonchev–Trinajstić information content (AvgIpc) is 3.06. The second-order valence-corrected chi connectivity index (χ2v) is 6.26. The van der Waals surface area contributed by atoms with Crippen molar-refractivity contribution in [2.75, 3.05) is 20.2 Å². The van der Waals surface area contributed by atoms with Gasteiger partial charge in [-0.05, 0) is 43.3 Å². The van der Waals surface area contributed by atoms with Gasteiger partial charge >= 0.3 is 0 Å². The summed E-state index contributed by atoms with van der Waals surface area (Å²) in [6.07, 6.45) is 1.01. The molecule has 1 aromatic heterocycles. The van der Waals surface area contributed by atoms with Crippen LogP contribution in [0, 0.1) is 6.92 Å². The molecule has 124 valence electrons. The molecule has 2 N–H and O–H groups in total. The third kappa shape index (κ3) is 5.60. The van der Waals surface area contributed by atoms with Crippen LogP contribution in [0.15, 0.2) is 40.7 Å². The Balaban J connectivity index is 1.85. The summed E-state index contributed by atoms with van der Waals surface area (Å²) in [5, 5.41) is 8.80. The highest BCUT2D eigenvalue weighted by molar-refractivity contribution is 7.09. The molecule has 0 amide bonds. The molecule has 4 nitrogen and oxygen atoms in total. The Morgan fingerprint density at radius 1 is 1.26 bits per heavy atom. The van der Waals surface area contributed by atoms with Crippen LogP contribution in [0.5, 0.6) is 5.75 Å². The molecule has 0 aliphatic carbocycles. The van der Waals surface area contributed by atoms with E-state index in [2.05, 4.69) is 58.3 Å². The Kier molecular flexibility index (Phi) is 6.94. The van der Waals surface area contributed by atoms with E-state index in [9.17, 15) is 0 Å². The summed E-state index contributed by atoms with van der Waals surface area (Å²) >= 11 is 1.78. The Labute approximate surface area is 142 Å². The first kappa shape index (κ1) is 17.3. The third-order valence-corrected chi connectivity index (χ3v) is 4.37. The van der Waals surface area contributed by atoms with Crippen LogP contribution in [0.25, 0.3) is 0 Å². The van der Waals surface area contributed by atoms with Gasteiger partial charge in [0.15, 0.2) is 5.96 Å². The van der Waals surface area contributed by atoms with Crippen LogP contribution < -0.4 is 15.4 Å². The minimum absolute atomic E-state index is 0.671. The maximum Gasteiger partial charge on any atom is 0.191 e. The molecule has 0 unspecified atom stereocenters. The van der Waals surface area contributed by atoms with Crippen LogP contribution in [-0.4, -0.2) is 26.2 Å². The van der Waals surface area contributed by atoms with E-state index in [1.807, 2.05) is 6.92 Å². The average molecular weight is 331 g/mol. The molecule has 0 atom stereocenters. The van der Waals surface area contributed by atoms with Crippen molar-refractivity contribution in [2.45, 2.75) is 26.8 Å². The lowest BCUT2D eigenvalue weighted by atomic mass is 10.1. The summed E-state index contributed by atoms with van der Waals surface area (Å²) in [6.45, 7) is 6.31. The smallest absolute Gasteiger partial charge is 0.191 e. The molecule has 2 rings (SSSR count).